The maximum atomic E-state index is 9.42. The first-order valence-corrected chi connectivity index (χ1v) is 5.81. The molecule has 0 radical (unpaired) electrons. The average Bonchev–Trinajstić information content (AvgIpc) is 2.42. The van der Waals surface area contributed by atoms with Gasteiger partial charge in [-0.3, -0.25) is 4.90 Å². The summed E-state index contributed by atoms with van der Waals surface area (Å²) in [6.45, 7) is 3.80. The van der Waals surface area contributed by atoms with Crippen LogP contribution in [0.5, 0.6) is 0 Å². The number of hydrogen-bond acceptors (Lipinski definition) is 3. The van der Waals surface area contributed by atoms with Crippen LogP contribution < -0.4 is 0 Å². The number of β-amino-alcohol motifs (C(OH)–C–C–N with tert-alkyl or cyclic N) is 1. The van der Waals surface area contributed by atoms with Crippen molar-refractivity contribution in [2.45, 2.75) is 51.2 Å². The predicted octanol–water partition coefficient (Wildman–Crippen LogP) is 0.994. The lowest BCUT2D eigenvalue weighted by atomic mass is 10.1. The fourth-order valence-electron chi connectivity index (χ4n) is 2.27. The van der Waals surface area contributed by atoms with E-state index in [2.05, 4.69) is 11.8 Å². The molecule has 1 saturated heterocycles. The Labute approximate surface area is 86.7 Å². The van der Waals surface area contributed by atoms with Crippen molar-refractivity contribution in [1.29, 1.82) is 0 Å². The van der Waals surface area contributed by atoms with E-state index in [-0.39, 0.29) is 6.61 Å². The molecule has 1 aliphatic rings. The molecule has 0 spiro atoms. The molecule has 1 aliphatic heterocycles. The summed E-state index contributed by atoms with van der Waals surface area (Å²) < 4.78 is 0. The summed E-state index contributed by atoms with van der Waals surface area (Å²) in [5, 5.41) is 18.2. The average molecular weight is 201 g/mol. The third-order valence-corrected chi connectivity index (χ3v) is 3.13. The van der Waals surface area contributed by atoms with Gasteiger partial charge >= 0.3 is 0 Å². The highest BCUT2D eigenvalue weighted by atomic mass is 16.3. The highest BCUT2D eigenvalue weighted by molar-refractivity contribution is 4.76. The van der Waals surface area contributed by atoms with Crippen molar-refractivity contribution in [2.24, 2.45) is 0 Å². The van der Waals surface area contributed by atoms with Gasteiger partial charge in [-0.05, 0) is 25.8 Å². The lowest BCUT2D eigenvalue weighted by Gasteiger charge is -2.30. The van der Waals surface area contributed by atoms with Gasteiger partial charge < -0.3 is 10.2 Å². The second-order valence-electron chi connectivity index (χ2n) is 4.24. The van der Waals surface area contributed by atoms with Gasteiger partial charge in [0.15, 0.2) is 0 Å². The molecule has 0 saturated carbocycles. The third-order valence-electron chi connectivity index (χ3n) is 3.13. The maximum Gasteiger partial charge on any atom is 0.0897 e. The topological polar surface area (TPSA) is 43.7 Å². The summed E-state index contributed by atoms with van der Waals surface area (Å²) in [4.78, 5) is 2.34. The fraction of sp³-hybridized carbons (Fsp3) is 1.00. The largest absolute Gasteiger partial charge is 0.394 e. The second-order valence-corrected chi connectivity index (χ2v) is 4.24. The molecular formula is C11H23NO2. The zero-order chi connectivity index (χ0) is 10.4. The number of aliphatic hydroxyl groups is 2. The van der Waals surface area contributed by atoms with E-state index in [1.54, 1.807) is 0 Å². The monoisotopic (exact) mass is 201 g/mol. The van der Waals surface area contributed by atoms with Crippen LogP contribution in [0.1, 0.15) is 39.0 Å². The van der Waals surface area contributed by atoms with Crippen molar-refractivity contribution >= 4 is 0 Å². The highest BCUT2D eigenvalue weighted by Crippen LogP contribution is 2.19. The molecule has 2 atom stereocenters. The van der Waals surface area contributed by atoms with Gasteiger partial charge in [0, 0.05) is 12.6 Å². The highest BCUT2D eigenvalue weighted by Gasteiger charge is 2.21. The second kappa shape index (κ2) is 6.38. The molecule has 84 valence electrons. The van der Waals surface area contributed by atoms with Crippen LogP contribution in [0.2, 0.25) is 0 Å². The van der Waals surface area contributed by atoms with E-state index >= 15 is 0 Å². The Hall–Kier alpha value is -0.120. The zero-order valence-electron chi connectivity index (χ0n) is 9.15. The van der Waals surface area contributed by atoms with Gasteiger partial charge in [0.2, 0.25) is 0 Å². The molecule has 1 fully saturated rings. The van der Waals surface area contributed by atoms with E-state index < -0.39 is 6.10 Å². The summed E-state index contributed by atoms with van der Waals surface area (Å²) in [6, 6.07) is 0.610. The lowest BCUT2D eigenvalue weighted by Crippen LogP contribution is -2.41. The first-order valence-electron chi connectivity index (χ1n) is 5.81. The van der Waals surface area contributed by atoms with E-state index in [9.17, 15) is 5.11 Å². The Bertz CT molecular complexity index is 152. The zero-order valence-corrected chi connectivity index (χ0v) is 9.15. The molecule has 0 bridgehead atoms. The van der Waals surface area contributed by atoms with Crippen LogP contribution in [0.4, 0.5) is 0 Å². The predicted molar refractivity (Wildman–Crippen MR) is 57.2 cm³/mol. The molecule has 0 amide bonds. The summed E-state index contributed by atoms with van der Waals surface area (Å²) in [5.41, 5.74) is 0. The maximum absolute atomic E-state index is 9.42. The molecule has 3 nitrogen and oxygen atoms in total. The van der Waals surface area contributed by atoms with Crippen LogP contribution in [-0.2, 0) is 0 Å². The molecule has 0 aromatic carbocycles. The Balaban J connectivity index is 2.43. The van der Waals surface area contributed by atoms with Gasteiger partial charge in [-0.25, -0.2) is 0 Å². The van der Waals surface area contributed by atoms with Crippen molar-refractivity contribution in [1.82, 2.24) is 4.90 Å². The van der Waals surface area contributed by atoms with Gasteiger partial charge in [-0.1, -0.05) is 19.8 Å². The molecule has 14 heavy (non-hydrogen) atoms. The van der Waals surface area contributed by atoms with Crippen molar-refractivity contribution in [2.75, 3.05) is 19.7 Å². The first kappa shape index (κ1) is 12.0. The molecular weight excluding hydrogens is 178 g/mol. The molecule has 2 unspecified atom stereocenters. The third kappa shape index (κ3) is 3.56. The Morgan fingerprint density at radius 1 is 1.36 bits per heavy atom. The minimum Gasteiger partial charge on any atom is -0.394 e. The van der Waals surface area contributed by atoms with Crippen molar-refractivity contribution in [3.8, 4) is 0 Å². The van der Waals surface area contributed by atoms with Crippen LogP contribution in [0.15, 0.2) is 0 Å². The molecule has 2 N–H and O–H groups in total. The molecule has 1 heterocycles. The lowest BCUT2D eigenvalue weighted by molar-refractivity contribution is 0.0445. The molecule has 1 rings (SSSR count). The SMILES string of the molecule is CCC1CCCCCN1CC(O)CO. The van der Waals surface area contributed by atoms with Crippen molar-refractivity contribution in [3.05, 3.63) is 0 Å². The molecule has 0 aromatic rings. The summed E-state index contributed by atoms with van der Waals surface area (Å²) >= 11 is 0. The number of hydrogen-bond donors (Lipinski definition) is 2. The first-order chi connectivity index (χ1) is 6.77. The minimum absolute atomic E-state index is 0.118. The number of rotatable bonds is 4. The van der Waals surface area contributed by atoms with E-state index in [4.69, 9.17) is 5.11 Å². The van der Waals surface area contributed by atoms with E-state index in [1.807, 2.05) is 0 Å². The number of aliphatic hydroxyl groups excluding tert-OH is 2. The minimum atomic E-state index is -0.567. The van der Waals surface area contributed by atoms with Gasteiger partial charge in [0.25, 0.3) is 0 Å². The fourth-order valence-corrected chi connectivity index (χ4v) is 2.27. The van der Waals surface area contributed by atoms with Crippen molar-refractivity contribution in [3.63, 3.8) is 0 Å². The number of likely N-dealkylation sites (tertiary alicyclic amines) is 1. The van der Waals surface area contributed by atoms with Crippen LogP contribution in [-0.4, -0.2) is 47.0 Å². The van der Waals surface area contributed by atoms with Crippen LogP contribution in [0.3, 0.4) is 0 Å². The van der Waals surface area contributed by atoms with Crippen molar-refractivity contribution < 1.29 is 10.2 Å². The summed E-state index contributed by atoms with van der Waals surface area (Å²) in [7, 11) is 0. The van der Waals surface area contributed by atoms with E-state index in [0.717, 1.165) is 13.0 Å². The smallest absolute Gasteiger partial charge is 0.0897 e. The van der Waals surface area contributed by atoms with E-state index in [1.165, 1.54) is 25.7 Å². The molecule has 0 aromatic heterocycles. The van der Waals surface area contributed by atoms with Crippen LogP contribution >= 0.6 is 0 Å². The molecule has 3 heteroatoms. The Kier molecular flexibility index (Phi) is 5.45. The summed E-state index contributed by atoms with van der Waals surface area (Å²) in [6.07, 6.45) is 5.68. The van der Waals surface area contributed by atoms with Gasteiger partial charge in [-0.2, -0.15) is 0 Å². The van der Waals surface area contributed by atoms with Crippen LogP contribution in [0.25, 0.3) is 0 Å². The van der Waals surface area contributed by atoms with E-state index in [0.29, 0.717) is 12.6 Å². The standard InChI is InChI=1S/C11H23NO2/c1-2-10-6-4-3-5-7-12(10)8-11(14)9-13/h10-11,13-14H,2-9H2,1H3. The summed E-state index contributed by atoms with van der Waals surface area (Å²) in [5.74, 6) is 0. The van der Waals surface area contributed by atoms with Crippen LogP contribution in [0, 0.1) is 0 Å². The van der Waals surface area contributed by atoms with Gasteiger partial charge in [0.05, 0.1) is 12.7 Å². The molecule has 0 aliphatic carbocycles. The normalized spacial score (nSPS) is 27.2. The number of nitrogens with zero attached hydrogens (tertiary/aromatic N) is 1. The Morgan fingerprint density at radius 2 is 2.14 bits per heavy atom. The van der Waals surface area contributed by atoms with Gasteiger partial charge in [0.1, 0.15) is 0 Å². The quantitative estimate of drug-likeness (QED) is 0.713. The Morgan fingerprint density at radius 3 is 2.79 bits per heavy atom. The van der Waals surface area contributed by atoms with Gasteiger partial charge in [-0.15, -0.1) is 0 Å².